The standard InChI is InChI=1S/C26H41N3O6S/c1-5-17-29(36(4,32)33)27-25(30)23(19-20(2)3)22(15-11-14-21-12-7-6-8-13-21)26(31)28-35-24-16-9-10-18-34-24/h6-8,11-14,20,22-24H,5,9-10,15-19H2,1-4H3,(H,27,30)(H,28,31)/t22-,23+,24?/m0/s1. The minimum atomic E-state index is -3.66. The number of benzene rings is 1. The minimum Gasteiger partial charge on any atom is -0.350 e. The van der Waals surface area contributed by atoms with E-state index >= 15 is 0 Å². The molecule has 0 saturated carbocycles. The van der Waals surface area contributed by atoms with Crippen LogP contribution in [0.3, 0.4) is 0 Å². The van der Waals surface area contributed by atoms with E-state index in [4.69, 9.17) is 9.57 Å². The molecule has 3 atom stereocenters. The van der Waals surface area contributed by atoms with Gasteiger partial charge in [0, 0.05) is 19.6 Å². The van der Waals surface area contributed by atoms with Crippen LogP contribution in [0.1, 0.15) is 64.9 Å². The summed E-state index contributed by atoms with van der Waals surface area (Å²) < 4.78 is 30.9. The lowest BCUT2D eigenvalue weighted by atomic mass is 9.82. The topological polar surface area (TPSA) is 114 Å². The summed E-state index contributed by atoms with van der Waals surface area (Å²) in [4.78, 5) is 32.3. The first-order valence-electron chi connectivity index (χ1n) is 12.7. The van der Waals surface area contributed by atoms with Gasteiger partial charge in [-0.25, -0.2) is 18.7 Å². The number of carbonyl (C=O) groups excluding carboxylic acids is 2. The largest absolute Gasteiger partial charge is 0.350 e. The molecular formula is C26H41N3O6S. The van der Waals surface area contributed by atoms with Crippen LogP contribution in [0.15, 0.2) is 36.4 Å². The van der Waals surface area contributed by atoms with Crippen molar-refractivity contribution in [3.63, 3.8) is 0 Å². The third-order valence-electron chi connectivity index (χ3n) is 5.88. The molecule has 0 aromatic heterocycles. The highest BCUT2D eigenvalue weighted by atomic mass is 32.2. The summed E-state index contributed by atoms with van der Waals surface area (Å²) in [5, 5.41) is 0. The first kappa shape index (κ1) is 30.0. The Labute approximate surface area is 215 Å². The van der Waals surface area contributed by atoms with E-state index in [0.717, 1.165) is 29.1 Å². The summed E-state index contributed by atoms with van der Waals surface area (Å²) in [5.74, 6) is -2.41. The van der Waals surface area contributed by atoms with Gasteiger partial charge < -0.3 is 4.74 Å². The molecular weight excluding hydrogens is 482 g/mol. The van der Waals surface area contributed by atoms with Crippen LogP contribution in [0.4, 0.5) is 0 Å². The highest BCUT2D eigenvalue weighted by Crippen LogP contribution is 2.26. The number of nitrogens with one attached hydrogen (secondary N) is 2. The number of hydrogen-bond donors (Lipinski definition) is 2. The van der Waals surface area contributed by atoms with Crippen LogP contribution in [0, 0.1) is 17.8 Å². The average molecular weight is 524 g/mol. The SMILES string of the molecule is CCCN(NC(=O)[C@H](CC(C)C)[C@H](CC=Cc1ccccc1)C(=O)NOC1CCCCO1)S(C)(=O)=O. The average Bonchev–Trinajstić information content (AvgIpc) is 2.84. The lowest BCUT2D eigenvalue weighted by Crippen LogP contribution is -2.51. The van der Waals surface area contributed by atoms with Crippen LogP contribution in [0.5, 0.6) is 0 Å². The number of sulfonamides is 1. The van der Waals surface area contributed by atoms with Gasteiger partial charge in [-0.3, -0.25) is 15.0 Å². The van der Waals surface area contributed by atoms with Crippen molar-refractivity contribution in [3.8, 4) is 0 Å². The van der Waals surface area contributed by atoms with Crippen LogP contribution in [-0.4, -0.2) is 50.3 Å². The monoisotopic (exact) mass is 523 g/mol. The molecule has 0 bridgehead atoms. The molecule has 1 aliphatic heterocycles. The fraction of sp³-hybridized carbons (Fsp3) is 0.615. The molecule has 0 spiro atoms. The van der Waals surface area contributed by atoms with Gasteiger partial charge >= 0.3 is 0 Å². The molecule has 10 heteroatoms. The Morgan fingerprint density at radius 3 is 2.47 bits per heavy atom. The normalized spacial score (nSPS) is 18.3. The van der Waals surface area contributed by atoms with Crippen LogP contribution in [0.2, 0.25) is 0 Å². The minimum absolute atomic E-state index is 0.0922. The van der Waals surface area contributed by atoms with E-state index in [1.165, 1.54) is 0 Å². The number of rotatable bonds is 14. The van der Waals surface area contributed by atoms with Crippen molar-refractivity contribution in [2.45, 2.75) is 65.6 Å². The van der Waals surface area contributed by atoms with Crippen molar-refractivity contribution < 1.29 is 27.6 Å². The molecule has 2 amide bonds. The molecule has 1 aromatic rings. The highest BCUT2D eigenvalue weighted by Gasteiger charge is 2.36. The zero-order valence-corrected chi connectivity index (χ0v) is 22.6. The lowest BCUT2D eigenvalue weighted by Gasteiger charge is -2.29. The lowest BCUT2D eigenvalue weighted by molar-refractivity contribution is -0.203. The maximum atomic E-state index is 13.4. The molecule has 2 rings (SSSR count). The summed E-state index contributed by atoms with van der Waals surface area (Å²) in [6.45, 7) is 6.46. The molecule has 1 heterocycles. The quantitative estimate of drug-likeness (QED) is 0.360. The number of nitrogens with zero attached hydrogens (tertiary/aromatic N) is 1. The Balaban J connectivity index is 2.26. The third kappa shape index (κ3) is 10.4. The summed E-state index contributed by atoms with van der Waals surface area (Å²) in [5.41, 5.74) is 6.03. The Bertz CT molecular complexity index is 946. The van der Waals surface area contributed by atoms with Crippen LogP contribution >= 0.6 is 0 Å². The van der Waals surface area contributed by atoms with Crippen molar-refractivity contribution in [1.29, 1.82) is 0 Å². The molecule has 202 valence electrons. The molecule has 1 fully saturated rings. The van der Waals surface area contributed by atoms with Gasteiger partial charge in [0.1, 0.15) is 0 Å². The number of carbonyl (C=O) groups is 2. The van der Waals surface area contributed by atoms with E-state index in [9.17, 15) is 18.0 Å². The van der Waals surface area contributed by atoms with Gasteiger partial charge in [-0.15, -0.1) is 4.41 Å². The molecule has 2 N–H and O–H groups in total. The third-order valence-corrected chi connectivity index (χ3v) is 6.95. The summed E-state index contributed by atoms with van der Waals surface area (Å²) >= 11 is 0. The van der Waals surface area contributed by atoms with Gasteiger partial charge in [0.05, 0.1) is 18.1 Å². The number of hydrogen-bond acceptors (Lipinski definition) is 6. The number of hydrazine groups is 1. The fourth-order valence-electron chi connectivity index (χ4n) is 4.05. The van der Waals surface area contributed by atoms with Crippen molar-refractivity contribution in [2.75, 3.05) is 19.4 Å². The number of hydroxylamine groups is 1. The van der Waals surface area contributed by atoms with Gasteiger partial charge in [0.2, 0.25) is 21.8 Å². The summed E-state index contributed by atoms with van der Waals surface area (Å²) in [6, 6.07) is 9.66. The molecule has 0 aliphatic carbocycles. The second-order valence-corrected chi connectivity index (χ2v) is 11.5. The van der Waals surface area contributed by atoms with E-state index in [-0.39, 0.29) is 18.9 Å². The summed E-state index contributed by atoms with van der Waals surface area (Å²) in [6.07, 6.45) is 8.05. The maximum absolute atomic E-state index is 13.4. The molecule has 1 aromatic carbocycles. The van der Waals surface area contributed by atoms with Crippen molar-refractivity contribution in [2.24, 2.45) is 17.8 Å². The van der Waals surface area contributed by atoms with E-state index in [1.54, 1.807) is 0 Å². The van der Waals surface area contributed by atoms with Crippen LogP contribution in [0.25, 0.3) is 6.08 Å². The van der Waals surface area contributed by atoms with Crippen molar-refractivity contribution >= 4 is 27.9 Å². The smallest absolute Gasteiger partial charge is 0.247 e. The molecule has 36 heavy (non-hydrogen) atoms. The van der Waals surface area contributed by atoms with E-state index in [2.05, 4.69) is 10.9 Å². The van der Waals surface area contributed by atoms with Gasteiger partial charge in [-0.2, -0.15) is 0 Å². The predicted octanol–water partition coefficient (Wildman–Crippen LogP) is 3.65. The fourth-order valence-corrected chi connectivity index (χ4v) is 4.82. The van der Waals surface area contributed by atoms with Crippen LogP contribution in [-0.2, 0) is 29.2 Å². The Morgan fingerprint density at radius 1 is 1.17 bits per heavy atom. The molecule has 1 aliphatic rings. The molecule has 1 unspecified atom stereocenters. The Kier molecular flexibility index (Phi) is 12.6. The highest BCUT2D eigenvalue weighted by molar-refractivity contribution is 7.88. The zero-order chi connectivity index (χ0) is 26.6. The maximum Gasteiger partial charge on any atom is 0.247 e. The molecule has 0 radical (unpaired) electrons. The predicted molar refractivity (Wildman–Crippen MR) is 139 cm³/mol. The van der Waals surface area contributed by atoms with E-state index in [0.29, 0.717) is 25.9 Å². The van der Waals surface area contributed by atoms with Gasteiger partial charge in [0.25, 0.3) is 0 Å². The van der Waals surface area contributed by atoms with Gasteiger partial charge in [0.15, 0.2) is 6.29 Å². The zero-order valence-electron chi connectivity index (χ0n) is 21.8. The molecule has 1 saturated heterocycles. The van der Waals surface area contributed by atoms with Crippen molar-refractivity contribution in [1.82, 2.24) is 15.3 Å². The van der Waals surface area contributed by atoms with Gasteiger partial charge in [-0.05, 0) is 43.6 Å². The first-order valence-corrected chi connectivity index (χ1v) is 14.5. The van der Waals surface area contributed by atoms with E-state index < -0.39 is 40.0 Å². The summed E-state index contributed by atoms with van der Waals surface area (Å²) in [7, 11) is -3.66. The number of ether oxygens (including phenoxy) is 1. The first-order chi connectivity index (χ1) is 17.1. The Morgan fingerprint density at radius 2 is 1.89 bits per heavy atom. The number of amides is 2. The molecule has 9 nitrogen and oxygen atoms in total. The second-order valence-electron chi connectivity index (χ2n) is 9.58. The van der Waals surface area contributed by atoms with Crippen LogP contribution < -0.4 is 10.9 Å². The number of allylic oxidation sites excluding steroid dienone is 1. The Hall–Kier alpha value is -2.27. The van der Waals surface area contributed by atoms with Gasteiger partial charge in [-0.1, -0.05) is 63.3 Å². The van der Waals surface area contributed by atoms with E-state index in [1.807, 2.05) is 63.3 Å². The second kappa shape index (κ2) is 15.1. The van der Waals surface area contributed by atoms with Crippen molar-refractivity contribution in [3.05, 3.63) is 42.0 Å².